The van der Waals surface area contributed by atoms with Crippen LogP contribution >= 0.6 is 0 Å². The van der Waals surface area contributed by atoms with E-state index in [4.69, 9.17) is 0 Å². The smallest absolute Gasteiger partial charge is 0.277 e. The first-order chi connectivity index (χ1) is 13.9. The van der Waals surface area contributed by atoms with Crippen LogP contribution in [0.5, 0.6) is 0 Å². The summed E-state index contributed by atoms with van der Waals surface area (Å²) in [6.45, 7) is 1.71. The van der Waals surface area contributed by atoms with Gasteiger partial charge in [0.2, 0.25) is 0 Å². The number of amides is 1. The van der Waals surface area contributed by atoms with Gasteiger partial charge in [-0.25, -0.2) is 9.97 Å². The van der Waals surface area contributed by atoms with E-state index in [1.54, 1.807) is 19.1 Å². The second-order valence-corrected chi connectivity index (χ2v) is 8.12. The van der Waals surface area contributed by atoms with Gasteiger partial charge >= 0.3 is 0 Å². The summed E-state index contributed by atoms with van der Waals surface area (Å²) >= 11 is 0. The van der Waals surface area contributed by atoms with Crippen molar-refractivity contribution in [1.29, 1.82) is 0 Å². The number of aromatic nitrogens is 3. The van der Waals surface area contributed by atoms with Crippen LogP contribution in [0.2, 0.25) is 0 Å². The molecule has 0 radical (unpaired) electrons. The first kappa shape index (κ1) is 18.0. The van der Waals surface area contributed by atoms with Gasteiger partial charge in [-0.1, -0.05) is 30.3 Å². The summed E-state index contributed by atoms with van der Waals surface area (Å²) in [5.41, 5.74) is 0.535. The standard InChI is InChI=1S/C22H22N4O3/c1-13-23-17-9-10-18(25-19(17)20(27)24-13)21(28)26-15-7-8-16(26)12-22(29,11-15)14-5-3-2-4-6-14/h2-6,9-10,15-16,29H,7-8,11-12H2,1H3,(H,23,24,27). The molecule has 0 spiro atoms. The quantitative estimate of drug-likeness (QED) is 0.699. The number of fused-ring (bicyclic) bond motifs is 3. The molecule has 3 aromatic rings. The highest BCUT2D eigenvalue weighted by atomic mass is 16.3. The number of hydrogen-bond donors (Lipinski definition) is 2. The number of benzene rings is 1. The third-order valence-corrected chi connectivity index (χ3v) is 6.20. The lowest BCUT2D eigenvalue weighted by Gasteiger charge is -2.44. The average molecular weight is 390 g/mol. The molecule has 2 unspecified atom stereocenters. The zero-order chi connectivity index (χ0) is 20.2. The number of aryl methyl sites for hydroxylation is 1. The Hall–Kier alpha value is -3.06. The van der Waals surface area contributed by atoms with E-state index in [1.807, 2.05) is 35.2 Å². The van der Waals surface area contributed by atoms with Gasteiger partial charge in [-0.15, -0.1) is 0 Å². The van der Waals surface area contributed by atoms with Crippen molar-refractivity contribution in [2.24, 2.45) is 0 Å². The van der Waals surface area contributed by atoms with E-state index < -0.39 is 5.60 Å². The van der Waals surface area contributed by atoms with Gasteiger partial charge in [0.1, 0.15) is 11.5 Å². The molecule has 2 atom stereocenters. The number of rotatable bonds is 2. The normalized spacial score (nSPS) is 26.1. The predicted molar refractivity (Wildman–Crippen MR) is 107 cm³/mol. The van der Waals surface area contributed by atoms with Crippen LogP contribution in [0.15, 0.2) is 47.3 Å². The molecule has 2 aliphatic heterocycles. The summed E-state index contributed by atoms with van der Waals surface area (Å²) in [5.74, 6) is 0.326. The fourth-order valence-electron chi connectivity index (χ4n) is 4.93. The van der Waals surface area contributed by atoms with E-state index in [-0.39, 0.29) is 34.8 Å². The fourth-order valence-corrected chi connectivity index (χ4v) is 4.93. The summed E-state index contributed by atoms with van der Waals surface area (Å²) in [6, 6.07) is 12.9. The highest BCUT2D eigenvalue weighted by Gasteiger charge is 2.50. The topological polar surface area (TPSA) is 99.2 Å². The lowest BCUT2D eigenvalue weighted by molar-refractivity contribution is -0.0480. The van der Waals surface area contributed by atoms with Crippen molar-refractivity contribution >= 4 is 16.9 Å². The summed E-state index contributed by atoms with van der Waals surface area (Å²) in [7, 11) is 0. The van der Waals surface area contributed by atoms with Crippen LogP contribution in [0.3, 0.4) is 0 Å². The van der Waals surface area contributed by atoms with Gasteiger partial charge in [-0.3, -0.25) is 9.59 Å². The van der Waals surface area contributed by atoms with E-state index in [0.29, 0.717) is 24.2 Å². The molecular weight excluding hydrogens is 368 g/mol. The minimum atomic E-state index is -0.917. The molecule has 29 heavy (non-hydrogen) atoms. The van der Waals surface area contributed by atoms with Crippen molar-refractivity contribution in [3.8, 4) is 0 Å². The Morgan fingerprint density at radius 2 is 1.79 bits per heavy atom. The van der Waals surface area contributed by atoms with Crippen LogP contribution < -0.4 is 5.56 Å². The molecular formula is C22H22N4O3. The molecule has 4 heterocycles. The Balaban J connectivity index is 1.46. The van der Waals surface area contributed by atoms with Crippen molar-refractivity contribution < 1.29 is 9.90 Å². The number of aliphatic hydroxyl groups is 1. The number of pyridine rings is 1. The van der Waals surface area contributed by atoms with E-state index in [0.717, 1.165) is 18.4 Å². The van der Waals surface area contributed by atoms with Crippen LogP contribution in [-0.4, -0.2) is 42.9 Å². The molecule has 7 nitrogen and oxygen atoms in total. The predicted octanol–water partition coefficient (Wildman–Crippen LogP) is 2.28. The van der Waals surface area contributed by atoms with Gasteiger partial charge in [0.25, 0.3) is 11.5 Å². The first-order valence-corrected chi connectivity index (χ1v) is 9.93. The largest absolute Gasteiger partial charge is 0.385 e. The van der Waals surface area contributed by atoms with Crippen molar-refractivity contribution in [3.05, 3.63) is 69.9 Å². The van der Waals surface area contributed by atoms with Gasteiger partial charge in [-0.05, 0) is 37.5 Å². The van der Waals surface area contributed by atoms with Crippen LogP contribution in [0.4, 0.5) is 0 Å². The molecule has 1 amide bonds. The fraction of sp³-hybridized carbons (Fsp3) is 0.364. The van der Waals surface area contributed by atoms with Crippen LogP contribution in [0, 0.1) is 6.92 Å². The van der Waals surface area contributed by atoms with E-state index in [1.165, 1.54) is 0 Å². The molecule has 0 saturated carbocycles. The molecule has 1 aromatic carbocycles. The highest BCUT2D eigenvalue weighted by molar-refractivity contribution is 5.95. The van der Waals surface area contributed by atoms with Gasteiger partial charge in [-0.2, -0.15) is 0 Å². The maximum atomic E-state index is 13.3. The average Bonchev–Trinajstić information content (AvgIpc) is 2.99. The Morgan fingerprint density at radius 3 is 2.48 bits per heavy atom. The molecule has 2 saturated heterocycles. The molecule has 148 valence electrons. The number of aromatic amines is 1. The second-order valence-electron chi connectivity index (χ2n) is 8.12. The van der Waals surface area contributed by atoms with Crippen LogP contribution in [0.1, 0.15) is 47.6 Å². The third-order valence-electron chi connectivity index (χ3n) is 6.20. The van der Waals surface area contributed by atoms with Crippen LogP contribution in [-0.2, 0) is 5.60 Å². The summed E-state index contributed by atoms with van der Waals surface area (Å²) in [5, 5.41) is 11.3. The van der Waals surface area contributed by atoms with E-state index in [9.17, 15) is 14.7 Å². The number of carbonyl (C=O) groups is 1. The monoisotopic (exact) mass is 390 g/mol. The van der Waals surface area contributed by atoms with Crippen molar-refractivity contribution in [3.63, 3.8) is 0 Å². The molecule has 5 rings (SSSR count). The zero-order valence-electron chi connectivity index (χ0n) is 16.1. The molecule has 2 aromatic heterocycles. The second kappa shape index (κ2) is 6.49. The Kier molecular flexibility index (Phi) is 4.03. The number of H-pyrrole nitrogens is 1. The number of nitrogens with zero attached hydrogens (tertiary/aromatic N) is 3. The van der Waals surface area contributed by atoms with Gasteiger partial charge in [0.15, 0.2) is 5.52 Å². The SMILES string of the molecule is Cc1nc2ccc(C(=O)N3C4CCC3CC(O)(c3ccccc3)C4)nc2c(=O)[nH]1. The van der Waals surface area contributed by atoms with Crippen molar-refractivity contribution in [2.45, 2.75) is 50.3 Å². The third kappa shape index (κ3) is 2.93. The Morgan fingerprint density at radius 1 is 1.10 bits per heavy atom. The number of hydrogen-bond acceptors (Lipinski definition) is 5. The molecule has 2 fully saturated rings. The van der Waals surface area contributed by atoms with E-state index in [2.05, 4.69) is 15.0 Å². The van der Waals surface area contributed by atoms with Gasteiger partial charge in [0.05, 0.1) is 11.1 Å². The Bertz CT molecular complexity index is 1140. The summed E-state index contributed by atoms with van der Waals surface area (Å²) < 4.78 is 0. The molecule has 7 heteroatoms. The van der Waals surface area contributed by atoms with Gasteiger partial charge in [0, 0.05) is 24.9 Å². The van der Waals surface area contributed by atoms with E-state index >= 15 is 0 Å². The van der Waals surface area contributed by atoms with Gasteiger partial charge < -0.3 is 15.0 Å². The molecule has 2 aliphatic rings. The van der Waals surface area contributed by atoms with Crippen molar-refractivity contribution in [2.75, 3.05) is 0 Å². The lowest BCUT2D eigenvalue weighted by atomic mass is 9.80. The Labute approximate surface area is 167 Å². The molecule has 2 N–H and O–H groups in total. The van der Waals surface area contributed by atoms with Crippen LogP contribution in [0.25, 0.3) is 11.0 Å². The first-order valence-electron chi connectivity index (χ1n) is 9.93. The zero-order valence-corrected chi connectivity index (χ0v) is 16.1. The number of piperidine rings is 1. The minimum Gasteiger partial charge on any atom is -0.385 e. The number of carbonyl (C=O) groups excluding carboxylic acids is 1. The highest BCUT2D eigenvalue weighted by Crippen LogP contribution is 2.46. The number of nitrogens with one attached hydrogen (secondary N) is 1. The van der Waals surface area contributed by atoms with Crippen molar-refractivity contribution in [1.82, 2.24) is 19.9 Å². The maximum Gasteiger partial charge on any atom is 0.277 e. The molecule has 2 bridgehead atoms. The lowest BCUT2D eigenvalue weighted by Crippen LogP contribution is -2.52. The minimum absolute atomic E-state index is 0.0432. The maximum absolute atomic E-state index is 13.3. The summed E-state index contributed by atoms with van der Waals surface area (Å²) in [6.07, 6.45) is 2.74. The summed E-state index contributed by atoms with van der Waals surface area (Å²) in [4.78, 5) is 38.6. The molecule has 0 aliphatic carbocycles.